The summed E-state index contributed by atoms with van der Waals surface area (Å²) < 4.78 is 59.1. The van der Waals surface area contributed by atoms with E-state index < -0.39 is 27.4 Å². The highest BCUT2D eigenvalue weighted by Crippen LogP contribution is 2.29. The number of alkyl halides is 3. The molecule has 0 aromatic carbocycles. The van der Waals surface area contributed by atoms with E-state index in [2.05, 4.69) is 0 Å². The van der Waals surface area contributed by atoms with E-state index in [4.69, 9.17) is 5.11 Å². The van der Waals surface area contributed by atoms with Crippen molar-refractivity contribution in [3.63, 3.8) is 0 Å². The zero-order valence-corrected chi connectivity index (χ0v) is 10.2. The van der Waals surface area contributed by atoms with E-state index in [9.17, 15) is 26.4 Å². The topological polar surface area (TPSA) is 83.5 Å². The van der Waals surface area contributed by atoms with Crippen molar-refractivity contribution in [1.82, 2.24) is 4.72 Å². The van der Waals surface area contributed by atoms with E-state index in [0.29, 0.717) is 25.7 Å². The van der Waals surface area contributed by atoms with Crippen molar-refractivity contribution in [1.29, 1.82) is 0 Å². The van der Waals surface area contributed by atoms with Crippen molar-refractivity contribution in [3.8, 4) is 0 Å². The van der Waals surface area contributed by atoms with Crippen LogP contribution in [0, 0.1) is 11.8 Å². The number of carbonyl (C=O) groups is 1. The lowest BCUT2D eigenvalue weighted by atomic mass is 9.82. The van der Waals surface area contributed by atoms with Crippen molar-refractivity contribution in [3.05, 3.63) is 0 Å². The minimum Gasteiger partial charge on any atom is -0.481 e. The molecule has 2 N–H and O–H groups in total. The normalized spacial score (nSPS) is 25.9. The lowest BCUT2D eigenvalue weighted by Crippen LogP contribution is -2.39. The SMILES string of the molecule is O=C(O)C1CCC(CNS(=O)(=O)C(F)(F)F)CC1. The number of rotatable bonds is 4. The Balaban J connectivity index is 2.42. The molecule has 1 rings (SSSR count). The minimum absolute atomic E-state index is 0.238. The molecule has 106 valence electrons. The van der Waals surface area contributed by atoms with E-state index in [1.807, 2.05) is 0 Å². The lowest BCUT2D eigenvalue weighted by Gasteiger charge is -2.26. The lowest BCUT2D eigenvalue weighted by molar-refractivity contribution is -0.143. The Kier molecular flexibility index (Phi) is 4.60. The number of carboxylic acid groups (broad SMARTS) is 1. The molecule has 0 amide bonds. The van der Waals surface area contributed by atoms with Crippen LogP contribution in [0.15, 0.2) is 0 Å². The van der Waals surface area contributed by atoms with Crippen molar-refractivity contribution in [2.45, 2.75) is 31.2 Å². The summed E-state index contributed by atoms with van der Waals surface area (Å²) in [6.45, 7) is -0.297. The van der Waals surface area contributed by atoms with Gasteiger partial charge in [-0.25, -0.2) is 13.1 Å². The number of aliphatic carboxylic acids is 1. The quantitative estimate of drug-likeness (QED) is 0.817. The zero-order chi connectivity index (χ0) is 14.0. The van der Waals surface area contributed by atoms with Gasteiger partial charge in [-0.3, -0.25) is 4.79 Å². The van der Waals surface area contributed by atoms with Crippen LogP contribution in [0.25, 0.3) is 0 Å². The van der Waals surface area contributed by atoms with Crippen LogP contribution in [0.2, 0.25) is 0 Å². The summed E-state index contributed by atoms with van der Waals surface area (Å²) in [4.78, 5) is 10.6. The van der Waals surface area contributed by atoms with Gasteiger partial charge >= 0.3 is 21.5 Å². The maximum atomic E-state index is 12.0. The average Bonchev–Trinajstić information content (AvgIpc) is 2.25. The summed E-state index contributed by atoms with van der Waals surface area (Å²) in [5.74, 6) is -1.62. The standard InChI is InChI=1S/C9H14F3NO4S/c10-9(11,12)18(16,17)13-5-6-1-3-7(4-2-6)8(14)15/h6-7,13H,1-5H2,(H,14,15). The molecular weight excluding hydrogens is 275 g/mol. The van der Waals surface area contributed by atoms with Gasteiger partial charge < -0.3 is 5.11 Å². The first-order chi connectivity index (χ1) is 8.13. The zero-order valence-electron chi connectivity index (χ0n) is 9.40. The summed E-state index contributed by atoms with van der Waals surface area (Å²) in [6, 6.07) is 0. The Morgan fingerprint density at radius 3 is 2.11 bits per heavy atom. The first kappa shape index (κ1) is 15.2. The molecule has 1 aliphatic rings. The summed E-state index contributed by atoms with van der Waals surface area (Å²) in [5.41, 5.74) is -5.30. The molecule has 0 aliphatic heterocycles. The Labute approximate surface area is 102 Å². The first-order valence-electron chi connectivity index (χ1n) is 5.42. The predicted molar refractivity (Wildman–Crippen MR) is 56.1 cm³/mol. The van der Waals surface area contributed by atoms with Crippen LogP contribution in [0.3, 0.4) is 0 Å². The molecule has 0 aromatic heterocycles. The minimum atomic E-state index is -5.30. The third-order valence-electron chi connectivity index (χ3n) is 3.06. The molecule has 0 aromatic rings. The molecule has 0 atom stereocenters. The molecule has 0 heterocycles. The highest BCUT2D eigenvalue weighted by molar-refractivity contribution is 7.90. The molecule has 18 heavy (non-hydrogen) atoms. The molecule has 1 saturated carbocycles. The summed E-state index contributed by atoms with van der Waals surface area (Å²) in [7, 11) is -5.29. The number of hydrogen-bond acceptors (Lipinski definition) is 3. The van der Waals surface area contributed by atoms with Crippen molar-refractivity contribution < 1.29 is 31.5 Å². The van der Waals surface area contributed by atoms with Crippen molar-refractivity contribution >= 4 is 16.0 Å². The Bertz CT molecular complexity index is 399. The predicted octanol–water partition coefficient (Wildman–Crippen LogP) is 1.32. The first-order valence-corrected chi connectivity index (χ1v) is 6.90. The smallest absolute Gasteiger partial charge is 0.481 e. The molecule has 0 radical (unpaired) electrons. The summed E-state index contributed by atoms with van der Waals surface area (Å²) in [6.07, 6.45) is 1.57. The van der Waals surface area contributed by atoms with Gasteiger partial charge in [-0.2, -0.15) is 13.2 Å². The second-order valence-corrected chi connectivity index (χ2v) is 6.11. The second-order valence-electron chi connectivity index (χ2n) is 4.35. The number of nitrogens with one attached hydrogen (secondary N) is 1. The highest BCUT2D eigenvalue weighted by Gasteiger charge is 2.45. The van der Waals surface area contributed by atoms with Crippen LogP contribution in [0.4, 0.5) is 13.2 Å². The van der Waals surface area contributed by atoms with Crippen LogP contribution >= 0.6 is 0 Å². The van der Waals surface area contributed by atoms with Gasteiger partial charge in [-0.1, -0.05) is 0 Å². The molecular formula is C9H14F3NO4S. The van der Waals surface area contributed by atoms with Gasteiger partial charge in [-0.15, -0.1) is 0 Å². The number of hydrogen-bond donors (Lipinski definition) is 2. The largest absolute Gasteiger partial charge is 0.511 e. The average molecular weight is 289 g/mol. The van der Waals surface area contributed by atoms with Gasteiger partial charge in [0.2, 0.25) is 0 Å². The highest BCUT2D eigenvalue weighted by atomic mass is 32.2. The van der Waals surface area contributed by atoms with Crippen molar-refractivity contribution in [2.75, 3.05) is 6.54 Å². The Morgan fingerprint density at radius 2 is 1.72 bits per heavy atom. The monoisotopic (exact) mass is 289 g/mol. The van der Waals surface area contributed by atoms with Crippen LogP contribution in [-0.2, 0) is 14.8 Å². The Morgan fingerprint density at radius 1 is 1.22 bits per heavy atom. The molecule has 1 aliphatic carbocycles. The third kappa shape index (κ3) is 3.84. The van der Waals surface area contributed by atoms with E-state index in [1.165, 1.54) is 4.72 Å². The number of sulfonamides is 1. The fourth-order valence-corrected chi connectivity index (χ4v) is 2.54. The maximum Gasteiger partial charge on any atom is 0.511 e. The molecule has 9 heteroatoms. The van der Waals surface area contributed by atoms with E-state index in [1.54, 1.807) is 0 Å². The fraction of sp³-hybridized carbons (Fsp3) is 0.889. The van der Waals surface area contributed by atoms with Crippen LogP contribution in [0.1, 0.15) is 25.7 Å². The molecule has 1 fully saturated rings. The van der Waals surface area contributed by atoms with E-state index >= 15 is 0 Å². The van der Waals surface area contributed by atoms with Crippen LogP contribution in [0.5, 0.6) is 0 Å². The van der Waals surface area contributed by atoms with E-state index in [0.717, 1.165) is 0 Å². The van der Waals surface area contributed by atoms with E-state index in [-0.39, 0.29) is 12.5 Å². The van der Waals surface area contributed by atoms with Crippen LogP contribution in [-0.4, -0.2) is 31.5 Å². The van der Waals surface area contributed by atoms with Gasteiger partial charge in [0.05, 0.1) is 5.92 Å². The van der Waals surface area contributed by atoms with Crippen LogP contribution < -0.4 is 4.72 Å². The number of carboxylic acids is 1. The van der Waals surface area contributed by atoms with Gasteiger partial charge in [0.15, 0.2) is 0 Å². The maximum absolute atomic E-state index is 12.0. The van der Waals surface area contributed by atoms with Gasteiger partial charge in [0, 0.05) is 6.54 Å². The van der Waals surface area contributed by atoms with Gasteiger partial charge in [-0.05, 0) is 31.6 Å². The van der Waals surface area contributed by atoms with Crippen molar-refractivity contribution in [2.24, 2.45) is 11.8 Å². The fourth-order valence-electron chi connectivity index (χ4n) is 1.92. The third-order valence-corrected chi connectivity index (χ3v) is 4.22. The molecule has 0 spiro atoms. The Hall–Kier alpha value is -0.830. The summed E-state index contributed by atoms with van der Waals surface area (Å²) in [5, 5.41) is 8.73. The molecule has 0 saturated heterocycles. The number of halogens is 3. The molecule has 5 nitrogen and oxygen atoms in total. The second kappa shape index (κ2) is 5.43. The van der Waals surface area contributed by atoms with Gasteiger partial charge in [0.1, 0.15) is 0 Å². The molecule has 0 bridgehead atoms. The molecule has 0 unspecified atom stereocenters. The van der Waals surface area contributed by atoms with Gasteiger partial charge in [0.25, 0.3) is 0 Å². The summed E-state index contributed by atoms with van der Waals surface area (Å²) >= 11 is 0.